The van der Waals surface area contributed by atoms with Crippen LogP contribution in [-0.4, -0.2) is 23.5 Å². The van der Waals surface area contributed by atoms with Gasteiger partial charge in [0, 0.05) is 21.8 Å². The smallest absolute Gasteiger partial charge is 0.339 e. The first-order valence-electron chi connectivity index (χ1n) is 7.62. The molecule has 0 aliphatic heterocycles. The Morgan fingerprint density at radius 3 is 2.72 bits per heavy atom. The molecule has 25 heavy (non-hydrogen) atoms. The Morgan fingerprint density at radius 1 is 1.12 bits per heavy atom. The molecule has 1 N–H and O–H groups in total. The number of aryl methyl sites for hydroxylation is 1. The number of fused-ring (bicyclic) bond motifs is 1. The van der Waals surface area contributed by atoms with Crippen molar-refractivity contribution in [3.63, 3.8) is 0 Å². The summed E-state index contributed by atoms with van der Waals surface area (Å²) < 4.78 is 5.14. The summed E-state index contributed by atoms with van der Waals surface area (Å²) in [6.45, 7) is 1.41. The number of benzene rings is 2. The maximum atomic E-state index is 12.4. The van der Waals surface area contributed by atoms with Crippen LogP contribution in [-0.2, 0) is 9.53 Å². The zero-order chi connectivity index (χ0) is 17.8. The standard InChI is InChI=1S/C19H15ClN2O3/c1-12-9-16(15-7-2-3-8-17(15)21-12)19(24)25-11-18(23)22-14-6-4-5-13(20)10-14/h2-10H,11H2,1H3,(H,22,23). The van der Waals surface area contributed by atoms with Crippen LogP contribution in [0.3, 0.4) is 0 Å². The number of ether oxygens (including phenoxy) is 1. The maximum absolute atomic E-state index is 12.4. The van der Waals surface area contributed by atoms with E-state index in [2.05, 4.69) is 10.3 Å². The summed E-state index contributed by atoms with van der Waals surface area (Å²) >= 11 is 5.86. The molecule has 0 fully saturated rings. The first-order valence-corrected chi connectivity index (χ1v) is 7.99. The summed E-state index contributed by atoms with van der Waals surface area (Å²) in [4.78, 5) is 28.7. The van der Waals surface area contributed by atoms with Crippen molar-refractivity contribution < 1.29 is 14.3 Å². The molecule has 1 amide bonds. The van der Waals surface area contributed by atoms with Crippen LogP contribution in [0.5, 0.6) is 0 Å². The monoisotopic (exact) mass is 354 g/mol. The third-order valence-corrected chi connectivity index (χ3v) is 3.74. The van der Waals surface area contributed by atoms with Crippen LogP contribution < -0.4 is 5.32 Å². The molecular weight excluding hydrogens is 340 g/mol. The Balaban J connectivity index is 1.70. The van der Waals surface area contributed by atoms with Gasteiger partial charge < -0.3 is 10.1 Å². The van der Waals surface area contributed by atoms with E-state index in [0.717, 1.165) is 0 Å². The van der Waals surface area contributed by atoms with Crippen LogP contribution in [0.25, 0.3) is 10.9 Å². The number of hydrogen-bond donors (Lipinski definition) is 1. The lowest BCUT2D eigenvalue weighted by molar-refractivity contribution is -0.119. The minimum atomic E-state index is -0.567. The molecule has 5 nitrogen and oxygen atoms in total. The van der Waals surface area contributed by atoms with Crippen molar-refractivity contribution in [2.75, 3.05) is 11.9 Å². The number of aromatic nitrogens is 1. The second-order valence-electron chi connectivity index (χ2n) is 5.46. The molecule has 1 aromatic heterocycles. The zero-order valence-corrected chi connectivity index (χ0v) is 14.2. The molecule has 126 valence electrons. The molecule has 0 aliphatic rings. The Bertz CT molecular complexity index is 956. The van der Waals surface area contributed by atoms with E-state index in [9.17, 15) is 9.59 Å². The SMILES string of the molecule is Cc1cc(C(=O)OCC(=O)Nc2cccc(Cl)c2)c2ccccc2n1. The van der Waals surface area contributed by atoms with Crippen molar-refractivity contribution in [2.45, 2.75) is 6.92 Å². The molecule has 6 heteroatoms. The van der Waals surface area contributed by atoms with Crippen LogP contribution >= 0.6 is 11.6 Å². The molecule has 0 bridgehead atoms. The van der Waals surface area contributed by atoms with Gasteiger partial charge in [-0.05, 0) is 37.3 Å². The molecule has 0 aliphatic carbocycles. The van der Waals surface area contributed by atoms with Crippen molar-refractivity contribution >= 4 is 40.1 Å². The first kappa shape index (κ1) is 16.9. The van der Waals surface area contributed by atoms with Crippen LogP contribution in [0, 0.1) is 6.92 Å². The number of para-hydroxylation sites is 1. The highest BCUT2D eigenvalue weighted by Gasteiger charge is 2.15. The molecule has 0 unspecified atom stereocenters. The van der Waals surface area contributed by atoms with E-state index in [-0.39, 0.29) is 6.61 Å². The predicted octanol–water partition coefficient (Wildman–Crippen LogP) is 3.99. The molecular formula is C19H15ClN2O3. The lowest BCUT2D eigenvalue weighted by Crippen LogP contribution is -2.21. The summed E-state index contributed by atoms with van der Waals surface area (Å²) in [5.74, 6) is -1.01. The van der Waals surface area contributed by atoms with E-state index in [1.807, 2.05) is 18.2 Å². The summed E-state index contributed by atoms with van der Waals surface area (Å²) in [6, 6.07) is 15.7. The maximum Gasteiger partial charge on any atom is 0.339 e. The van der Waals surface area contributed by atoms with Gasteiger partial charge in [-0.1, -0.05) is 35.9 Å². The number of pyridine rings is 1. The third-order valence-electron chi connectivity index (χ3n) is 3.51. The highest BCUT2D eigenvalue weighted by Crippen LogP contribution is 2.19. The molecule has 0 saturated heterocycles. The van der Waals surface area contributed by atoms with Gasteiger partial charge in [-0.2, -0.15) is 0 Å². The van der Waals surface area contributed by atoms with Gasteiger partial charge in [0.05, 0.1) is 11.1 Å². The minimum Gasteiger partial charge on any atom is -0.452 e. The van der Waals surface area contributed by atoms with Crippen LogP contribution in [0.1, 0.15) is 16.1 Å². The lowest BCUT2D eigenvalue weighted by atomic mass is 10.1. The van der Waals surface area contributed by atoms with E-state index in [0.29, 0.717) is 32.9 Å². The molecule has 3 aromatic rings. The predicted molar refractivity (Wildman–Crippen MR) is 96.8 cm³/mol. The Hall–Kier alpha value is -2.92. The van der Waals surface area contributed by atoms with E-state index in [1.165, 1.54) is 0 Å². The van der Waals surface area contributed by atoms with Crippen LogP contribution in [0.15, 0.2) is 54.6 Å². The number of amides is 1. The van der Waals surface area contributed by atoms with E-state index < -0.39 is 11.9 Å². The number of nitrogens with one attached hydrogen (secondary N) is 1. The zero-order valence-electron chi connectivity index (χ0n) is 13.5. The van der Waals surface area contributed by atoms with Crippen LogP contribution in [0.4, 0.5) is 5.69 Å². The summed E-state index contributed by atoms with van der Waals surface area (Å²) in [6.07, 6.45) is 0. The first-order chi connectivity index (χ1) is 12.0. The topological polar surface area (TPSA) is 68.3 Å². The molecule has 2 aromatic carbocycles. The number of carbonyl (C=O) groups excluding carboxylic acids is 2. The minimum absolute atomic E-state index is 0.388. The van der Waals surface area contributed by atoms with Gasteiger partial charge in [0.15, 0.2) is 6.61 Å². The van der Waals surface area contributed by atoms with Gasteiger partial charge in [-0.25, -0.2) is 4.79 Å². The van der Waals surface area contributed by atoms with Crippen molar-refractivity contribution in [1.82, 2.24) is 4.98 Å². The Morgan fingerprint density at radius 2 is 1.92 bits per heavy atom. The van der Waals surface area contributed by atoms with Crippen LogP contribution in [0.2, 0.25) is 5.02 Å². The van der Waals surface area contributed by atoms with Gasteiger partial charge in [-0.3, -0.25) is 9.78 Å². The van der Waals surface area contributed by atoms with E-state index in [1.54, 1.807) is 43.3 Å². The fourth-order valence-electron chi connectivity index (χ4n) is 2.45. The molecule has 3 rings (SSSR count). The quantitative estimate of drug-likeness (QED) is 0.719. The number of halogens is 1. The van der Waals surface area contributed by atoms with Crippen molar-refractivity contribution in [3.05, 3.63) is 70.9 Å². The molecule has 0 atom stereocenters. The number of nitrogens with zero attached hydrogens (tertiary/aromatic N) is 1. The van der Waals surface area contributed by atoms with Crippen molar-refractivity contribution in [2.24, 2.45) is 0 Å². The number of esters is 1. The molecule has 0 radical (unpaired) electrons. The number of rotatable bonds is 4. The summed E-state index contributed by atoms with van der Waals surface area (Å²) in [5.41, 5.74) is 2.34. The van der Waals surface area contributed by atoms with E-state index >= 15 is 0 Å². The molecule has 0 saturated carbocycles. The Kier molecular flexibility index (Phi) is 4.95. The third kappa shape index (κ3) is 4.14. The largest absolute Gasteiger partial charge is 0.452 e. The van der Waals surface area contributed by atoms with Gasteiger partial charge in [0.1, 0.15) is 0 Å². The fourth-order valence-corrected chi connectivity index (χ4v) is 2.64. The normalized spacial score (nSPS) is 10.5. The van der Waals surface area contributed by atoms with E-state index in [4.69, 9.17) is 16.3 Å². The van der Waals surface area contributed by atoms with Crippen molar-refractivity contribution in [1.29, 1.82) is 0 Å². The summed E-state index contributed by atoms with van der Waals surface area (Å²) in [5, 5.41) is 3.82. The van der Waals surface area contributed by atoms with Gasteiger partial charge in [0.25, 0.3) is 5.91 Å². The van der Waals surface area contributed by atoms with Gasteiger partial charge >= 0.3 is 5.97 Å². The fraction of sp³-hybridized carbons (Fsp3) is 0.105. The van der Waals surface area contributed by atoms with Crippen molar-refractivity contribution in [3.8, 4) is 0 Å². The average Bonchev–Trinajstić information content (AvgIpc) is 2.59. The molecule has 1 heterocycles. The van der Waals surface area contributed by atoms with Gasteiger partial charge in [0.2, 0.25) is 0 Å². The number of carbonyl (C=O) groups is 2. The van der Waals surface area contributed by atoms with Gasteiger partial charge in [-0.15, -0.1) is 0 Å². The highest BCUT2D eigenvalue weighted by molar-refractivity contribution is 6.30. The second kappa shape index (κ2) is 7.32. The highest BCUT2D eigenvalue weighted by atomic mass is 35.5. The summed E-state index contributed by atoms with van der Waals surface area (Å²) in [7, 11) is 0. The second-order valence-corrected chi connectivity index (χ2v) is 5.90. The average molecular weight is 355 g/mol. The lowest BCUT2D eigenvalue weighted by Gasteiger charge is -2.09. The number of hydrogen-bond acceptors (Lipinski definition) is 4. The number of anilines is 1. The Labute approximate surface area is 149 Å². The molecule has 0 spiro atoms.